The molecule has 0 amide bonds. The van der Waals surface area contributed by atoms with E-state index in [0.717, 1.165) is 36.3 Å². The molecule has 0 radical (unpaired) electrons. The van der Waals surface area contributed by atoms with E-state index in [1.807, 2.05) is 19.1 Å². The van der Waals surface area contributed by atoms with Gasteiger partial charge in [0.2, 0.25) is 5.13 Å². The van der Waals surface area contributed by atoms with Crippen molar-refractivity contribution in [2.75, 3.05) is 18.5 Å². The molecule has 0 saturated heterocycles. The summed E-state index contributed by atoms with van der Waals surface area (Å²) in [6.07, 6.45) is 0.961. The third-order valence-electron chi connectivity index (χ3n) is 2.72. The maximum atomic E-state index is 5.67. The molecule has 0 atom stereocenters. The molecule has 5 heteroatoms. The fourth-order valence-corrected chi connectivity index (χ4v) is 2.30. The SMILES string of the molecule is Cc1nsc(NCCc2ccc(OCC(C)C)cc2)n1. The summed E-state index contributed by atoms with van der Waals surface area (Å²) < 4.78 is 9.81. The fraction of sp³-hybridized carbons (Fsp3) is 0.467. The van der Waals surface area contributed by atoms with Gasteiger partial charge in [-0.3, -0.25) is 0 Å². The Morgan fingerprint density at radius 3 is 2.60 bits per heavy atom. The van der Waals surface area contributed by atoms with Gasteiger partial charge < -0.3 is 10.1 Å². The Morgan fingerprint density at radius 2 is 2.00 bits per heavy atom. The lowest BCUT2D eigenvalue weighted by Crippen LogP contribution is -2.06. The molecule has 0 unspecified atom stereocenters. The molecule has 108 valence electrons. The zero-order valence-corrected chi connectivity index (χ0v) is 13.0. The lowest BCUT2D eigenvalue weighted by atomic mass is 10.1. The van der Waals surface area contributed by atoms with E-state index >= 15 is 0 Å². The van der Waals surface area contributed by atoms with Crippen molar-refractivity contribution in [3.8, 4) is 5.75 Å². The second kappa shape index (κ2) is 7.24. The zero-order valence-electron chi connectivity index (χ0n) is 12.2. The molecular weight excluding hydrogens is 270 g/mol. The maximum Gasteiger partial charge on any atom is 0.202 e. The third kappa shape index (κ3) is 4.81. The molecule has 0 aliphatic rings. The summed E-state index contributed by atoms with van der Waals surface area (Å²) in [6.45, 7) is 7.82. The number of hydrogen-bond acceptors (Lipinski definition) is 5. The van der Waals surface area contributed by atoms with Gasteiger partial charge in [0.05, 0.1) is 6.61 Å². The molecule has 1 aromatic heterocycles. The predicted molar refractivity (Wildman–Crippen MR) is 83.6 cm³/mol. The molecule has 20 heavy (non-hydrogen) atoms. The van der Waals surface area contributed by atoms with Gasteiger partial charge >= 0.3 is 0 Å². The highest BCUT2D eigenvalue weighted by atomic mass is 32.1. The monoisotopic (exact) mass is 291 g/mol. The molecule has 0 saturated carbocycles. The van der Waals surface area contributed by atoms with Crippen molar-refractivity contribution in [2.45, 2.75) is 27.2 Å². The van der Waals surface area contributed by atoms with Gasteiger partial charge in [0.15, 0.2) is 0 Å². The van der Waals surface area contributed by atoms with Crippen LogP contribution in [0.4, 0.5) is 5.13 Å². The van der Waals surface area contributed by atoms with Crippen molar-refractivity contribution in [1.82, 2.24) is 9.36 Å². The van der Waals surface area contributed by atoms with Gasteiger partial charge in [-0.1, -0.05) is 26.0 Å². The molecule has 1 heterocycles. The van der Waals surface area contributed by atoms with Crippen molar-refractivity contribution in [1.29, 1.82) is 0 Å². The van der Waals surface area contributed by atoms with Crippen molar-refractivity contribution >= 4 is 16.7 Å². The van der Waals surface area contributed by atoms with Crippen LogP contribution in [0.2, 0.25) is 0 Å². The topological polar surface area (TPSA) is 47.0 Å². The van der Waals surface area contributed by atoms with Crippen LogP contribution in [0.3, 0.4) is 0 Å². The van der Waals surface area contributed by atoms with Gasteiger partial charge in [-0.2, -0.15) is 4.37 Å². The average molecular weight is 291 g/mol. The number of ether oxygens (including phenoxy) is 1. The number of benzene rings is 1. The van der Waals surface area contributed by atoms with Crippen molar-refractivity contribution in [3.63, 3.8) is 0 Å². The summed E-state index contributed by atoms with van der Waals surface area (Å²) in [7, 11) is 0. The largest absolute Gasteiger partial charge is 0.493 e. The number of aryl methyl sites for hydroxylation is 1. The quantitative estimate of drug-likeness (QED) is 0.847. The minimum atomic E-state index is 0.550. The van der Waals surface area contributed by atoms with Gasteiger partial charge in [0, 0.05) is 18.1 Å². The van der Waals surface area contributed by atoms with Gasteiger partial charge in [-0.25, -0.2) is 4.98 Å². The number of nitrogens with one attached hydrogen (secondary N) is 1. The summed E-state index contributed by atoms with van der Waals surface area (Å²) in [5.74, 6) is 2.31. The van der Waals surface area contributed by atoms with E-state index in [1.165, 1.54) is 17.1 Å². The van der Waals surface area contributed by atoms with E-state index in [1.54, 1.807) is 0 Å². The number of nitrogens with zero attached hydrogens (tertiary/aromatic N) is 2. The molecule has 1 N–H and O–H groups in total. The minimum absolute atomic E-state index is 0.550. The van der Waals surface area contributed by atoms with Crippen LogP contribution in [0.5, 0.6) is 5.75 Å². The maximum absolute atomic E-state index is 5.67. The minimum Gasteiger partial charge on any atom is -0.493 e. The highest BCUT2D eigenvalue weighted by Crippen LogP contribution is 2.14. The van der Waals surface area contributed by atoms with Crippen LogP contribution in [-0.4, -0.2) is 22.5 Å². The second-order valence-corrected chi connectivity index (χ2v) is 5.92. The zero-order chi connectivity index (χ0) is 14.4. The molecular formula is C15H21N3OS. The first kappa shape index (κ1) is 14.8. The summed E-state index contributed by atoms with van der Waals surface area (Å²) in [5.41, 5.74) is 1.29. The van der Waals surface area contributed by atoms with Gasteiger partial charge in [0.1, 0.15) is 11.6 Å². The molecule has 0 aliphatic heterocycles. The number of hydrogen-bond donors (Lipinski definition) is 1. The Hall–Kier alpha value is -1.62. The molecule has 0 aliphatic carbocycles. The first-order valence-electron chi connectivity index (χ1n) is 6.89. The molecule has 4 nitrogen and oxygen atoms in total. The average Bonchev–Trinajstić information content (AvgIpc) is 2.83. The lowest BCUT2D eigenvalue weighted by molar-refractivity contribution is 0.271. The van der Waals surface area contributed by atoms with Crippen LogP contribution in [-0.2, 0) is 6.42 Å². The third-order valence-corrected chi connectivity index (χ3v) is 3.49. The fourth-order valence-electron chi connectivity index (χ4n) is 1.70. The van der Waals surface area contributed by atoms with E-state index in [0.29, 0.717) is 5.92 Å². The Kier molecular flexibility index (Phi) is 5.35. The van der Waals surface area contributed by atoms with E-state index in [-0.39, 0.29) is 0 Å². The standard InChI is InChI=1S/C15H21N3OS/c1-11(2)10-19-14-6-4-13(5-7-14)8-9-16-15-17-12(3)18-20-15/h4-7,11H,8-10H2,1-3H3,(H,16,17,18). The lowest BCUT2D eigenvalue weighted by Gasteiger charge is -2.09. The van der Waals surface area contributed by atoms with Crippen molar-refractivity contribution < 1.29 is 4.74 Å². The van der Waals surface area contributed by atoms with Crippen LogP contribution in [0, 0.1) is 12.8 Å². The van der Waals surface area contributed by atoms with E-state index in [2.05, 4.69) is 40.7 Å². The summed E-state index contributed by atoms with van der Waals surface area (Å²) in [4.78, 5) is 4.27. The predicted octanol–water partition coefficient (Wildman–Crippen LogP) is 3.54. The Morgan fingerprint density at radius 1 is 1.25 bits per heavy atom. The van der Waals surface area contributed by atoms with Crippen LogP contribution < -0.4 is 10.1 Å². The number of rotatable bonds is 7. The first-order chi connectivity index (χ1) is 9.63. The highest BCUT2D eigenvalue weighted by Gasteiger charge is 2.00. The van der Waals surface area contributed by atoms with Crippen molar-refractivity contribution in [2.24, 2.45) is 5.92 Å². The van der Waals surface area contributed by atoms with Crippen LogP contribution in [0.15, 0.2) is 24.3 Å². The van der Waals surface area contributed by atoms with Crippen LogP contribution in [0.1, 0.15) is 25.2 Å². The summed E-state index contributed by atoms with van der Waals surface area (Å²) >= 11 is 1.40. The number of anilines is 1. The molecule has 0 fully saturated rings. The van der Waals surface area contributed by atoms with Crippen molar-refractivity contribution in [3.05, 3.63) is 35.7 Å². The summed E-state index contributed by atoms with van der Waals surface area (Å²) in [6, 6.07) is 8.30. The van der Waals surface area contributed by atoms with Crippen LogP contribution >= 0.6 is 11.5 Å². The Labute approximate surface area is 124 Å². The highest BCUT2D eigenvalue weighted by molar-refractivity contribution is 7.09. The molecule has 0 bridgehead atoms. The smallest absolute Gasteiger partial charge is 0.202 e. The molecule has 0 spiro atoms. The van der Waals surface area contributed by atoms with Crippen LogP contribution in [0.25, 0.3) is 0 Å². The van der Waals surface area contributed by atoms with Gasteiger partial charge in [-0.15, -0.1) is 0 Å². The van der Waals surface area contributed by atoms with E-state index < -0.39 is 0 Å². The van der Waals surface area contributed by atoms with E-state index in [4.69, 9.17) is 4.74 Å². The normalized spacial score (nSPS) is 10.8. The molecule has 2 rings (SSSR count). The van der Waals surface area contributed by atoms with E-state index in [9.17, 15) is 0 Å². The van der Waals surface area contributed by atoms with Gasteiger partial charge in [0.25, 0.3) is 0 Å². The molecule has 1 aromatic carbocycles. The second-order valence-electron chi connectivity index (χ2n) is 5.17. The molecule has 2 aromatic rings. The number of aromatic nitrogens is 2. The first-order valence-corrected chi connectivity index (χ1v) is 7.67. The summed E-state index contributed by atoms with van der Waals surface area (Å²) in [5, 5.41) is 4.17. The van der Waals surface area contributed by atoms with Gasteiger partial charge in [-0.05, 0) is 37.0 Å². The Bertz CT molecular complexity index is 522. The Balaban J connectivity index is 1.76.